The van der Waals surface area contributed by atoms with Gasteiger partial charge in [-0.1, -0.05) is 19.9 Å². The topological polar surface area (TPSA) is 48.1 Å². The molecule has 5 heteroatoms. The summed E-state index contributed by atoms with van der Waals surface area (Å²) in [5.41, 5.74) is 8.13. The number of thiazole rings is 1. The second-order valence-corrected chi connectivity index (χ2v) is 6.63. The van der Waals surface area contributed by atoms with Gasteiger partial charge in [0, 0.05) is 11.3 Å². The van der Waals surface area contributed by atoms with Gasteiger partial charge in [-0.3, -0.25) is 0 Å². The second-order valence-electron chi connectivity index (χ2n) is 4.66. The first-order valence-electron chi connectivity index (χ1n) is 6.08. The van der Waals surface area contributed by atoms with Crippen LogP contribution < -0.4 is 10.5 Å². The van der Waals surface area contributed by atoms with E-state index in [2.05, 4.69) is 40.8 Å². The predicted octanol–water partition coefficient (Wildman–Crippen LogP) is 4.21. The Morgan fingerprint density at radius 3 is 2.79 bits per heavy atom. The van der Waals surface area contributed by atoms with E-state index in [4.69, 9.17) is 10.5 Å². The molecule has 0 bridgehead atoms. The normalized spacial score (nSPS) is 11.0. The summed E-state index contributed by atoms with van der Waals surface area (Å²) in [6.45, 7) is 4.28. The largest absolute Gasteiger partial charge is 0.496 e. The zero-order valence-corrected chi connectivity index (χ0v) is 13.6. The highest BCUT2D eigenvalue weighted by atomic mass is 79.9. The Morgan fingerprint density at radius 2 is 2.16 bits per heavy atom. The summed E-state index contributed by atoms with van der Waals surface area (Å²) in [4.78, 5) is 5.66. The number of nitrogen functional groups attached to an aromatic ring is 1. The van der Waals surface area contributed by atoms with E-state index >= 15 is 0 Å². The SMILES string of the molecule is COc1cc(Cc2sc(N)nc2C(C)C)ccc1Br. The third-order valence-corrected chi connectivity index (χ3v) is 4.43. The number of aromatic nitrogens is 1. The summed E-state index contributed by atoms with van der Waals surface area (Å²) in [5.74, 6) is 1.24. The number of nitrogens with two attached hydrogens (primary N) is 1. The van der Waals surface area contributed by atoms with Crippen molar-refractivity contribution in [1.82, 2.24) is 4.98 Å². The van der Waals surface area contributed by atoms with E-state index in [-0.39, 0.29) is 0 Å². The van der Waals surface area contributed by atoms with Crippen molar-refractivity contribution in [2.75, 3.05) is 12.8 Å². The van der Waals surface area contributed by atoms with Crippen LogP contribution in [-0.2, 0) is 6.42 Å². The van der Waals surface area contributed by atoms with Crippen LogP contribution >= 0.6 is 27.3 Å². The van der Waals surface area contributed by atoms with E-state index in [1.807, 2.05) is 12.1 Å². The fourth-order valence-electron chi connectivity index (χ4n) is 1.96. The Kier molecular flexibility index (Phi) is 4.47. The quantitative estimate of drug-likeness (QED) is 0.906. The minimum absolute atomic E-state index is 0.390. The Labute approximate surface area is 125 Å². The van der Waals surface area contributed by atoms with Gasteiger partial charge in [0.2, 0.25) is 0 Å². The maximum absolute atomic E-state index is 5.83. The molecule has 0 saturated carbocycles. The van der Waals surface area contributed by atoms with Gasteiger partial charge in [-0.2, -0.15) is 0 Å². The van der Waals surface area contributed by atoms with Crippen molar-refractivity contribution in [2.45, 2.75) is 26.2 Å². The van der Waals surface area contributed by atoms with Gasteiger partial charge >= 0.3 is 0 Å². The van der Waals surface area contributed by atoms with Crippen molar-refractivity contribution < 1.29 is 4.74 Å². The van der Waals surface area contributed by atoms with Gasteiger partial charge in [0.05, 0.1) is 17.3 Å². The Bertz CT molecular complexity index is 581. The molecule has 0 aliphatic rings. The molecule has 19 heavy (non-hydrogen) atoms. The van der Waals surface area contributed by atoms with Crippen LogP contribution in [0.15, 0.2) is 22.7 Å². The number of hydrogen-bond donors (Lipinski definition) is 1. The van der Waals surface area contributed by atoms with Crippen LogP contribution in [0.1, 0.15) is 35.9 Å². The van der Waals surface area contributed by atoms with Crippen LogP contribution in [0.5, 0.6) is 5.75 Å². The minimum Gasteiger partial charge on any atom is -0.496 e. The van der Waals surface area contributed by atoms with Crippen molar-refractivity contribution in [3.8, 4) is 5.75 Å². The van der Waals surface area contributed by atoms with Gasteiger partial charge in [0.1, 0.15) is 5.75 Å². The standard InChI is InChI=1S/C14H17BrN2OS/c1-8(2)13-12(19-14(16)17-13)7-9-4-5-10(15)11(6-9)18-3/h4-6,8H,7H2,1-3H3,(H2,16,17). The number of halogens is 1. The van der Waals surface area contributed by atoms with Gasteiger partial charge in [0.15, 0.2) is 5.13 Å². The highest BCUT2D eigenvalue weighted by molar-refractivity contribution is 9.10. The molecule has 3 nitrogen and oxygen atoms in total. The summed E-state index contributed by atoms with van der Waals surface area (Å²) in [6, 6.07) is 6.14. The van der Waals surface area contributed by atoms with Crippen LogP contribution in [-0.4, -0.2) is 12.1 Å². The number of rotatable bonds is 4. The van der Waals surface area contributed by atoms with Gasteiger partial charge < -0.3 is 10.5 Å². The molecule has 0 atom stereocenters. The molecule has 0 fully saturated rings. The third kappa shape index (κ3) is 3.28. The fraction of sp³-hybridized carbons (Fsp3) is 0.357. The van der Waals surface area contributed by atoms with Crippen molar-refractivity contribution in [1.29, 1.82) is 0 Å². The summed E-state index contributed by atoms with van der Waals surface area (Å²) in [7, 11) is 1.67. The molecule has 1 aromatic carbocycles. The molecule has 0 saturated heterocycles. The van der Waals surface area contributed by atoms with Gasteiger partial charge in [-0.25, -0.2) is 4.98 Å². The lowest BCUT2D eigenvalue weighted by atomic mass is 10.0. The van der Waals surface area contributed by atoms with Crippen LogP contribution in [0.3, 0.4) is 0 Å². The second kappa shape index (κ2) is 5.92. The van der Waals surface area contributed by atoms with Gasteiger partial charge in [-0.15, -0.1) is 11.3 Å². The van der Waals surface area contributed by atoms with Crippen molar-refractivity contribution in [3.05, 3.63) is 38.8 Å². The fourth-order valence-corrected chi connectivity index (χ4v) is 3.39. The molecule has 0 unspecified atom stereocenters. The minimum atomic E-state index is 0.390. The zero-order valence-electron chi connectivity index (χ0n) is 11.2. The lowest BCUT2D eigenvalue weighted by molar-refractivity contribution is 0.411. The number of methoxy groups -OCH3 is 1. The number of anilines is 1. The monoisotopic (exact) mass is 340 g/mol. The lowest BCUT2D eigenvalue weighted by Crippen LogP contribution is -1.96. The summed E-state index contributed by atoms with van der Waals surface area (Å²) in [6.07, 6.45) is 0.839. The van der Waals surface area contributed by atoms with E-state index in [1.54, 1.807) is 18.4 Å². The van der Waals surface area contributed by atoms with E-state index in [9.17, 15) is 0 Å². The molecule has 0 aliphatic carbocycles. The van der Waals surface area contributed by atoms with Crippen molar-refractivity contribution in [2.24, 2.45) is 0 Å². The molecule has 0 amide bonds. The zero-order chi connectivity index (χ0) is 14.0. The van der Waals surface area contributed by atoms with E-state index in [0.717, 1.165) is 22.3 Å². The summed E-state index contributed by atoms with van der Waals surface area (Å²) < 4.78 is 6.29. The van der Waals surface area contributed by atoms with Gasteiger partial charge in [-0.05, 0) is 39.5 Å². The smallest absolute Gasteiger partial charge is 0.180 e. The average Bonchev–Trinajstić information content (AvgIpc) is 2.73. The molecular formula is C14H17BrN2OS. The van der Waals surface area contributed by atoms with Crippen LogP contribution in [0.4, 0.5) is 5.13 Å². The molecule has 0 radical (unpaired) electrons. The Morgan fingerprint density at radius 1 is 1.42 bits per heavy atom. The average molecular weight is 341 g/mol. The summed E-state index contributed by atoms with van der Waals surface area (Å²) in [5, 5.41) is 0.641. The third-order valence-electron chi connectivity index (χ3n) is 2.87. The van der Waals surface area contributed by atoms with E-state index in [0.29, 0.717) is 11.0 Å². The van der Waals surface area contributed by atoms with Crippen molar-refractivity contribution >= 4 is 32.4 Å². The molecular weight excluding hydrogens is 324 g/mol. The molecule has 2 N–H and O–H groups in total. The van der Waals surface area contributed by atoms with Crippen molar-refractivity contribution in [3.63, 3.8) is 0 Å². The lowest BCUT2D eigenvalue weighted by Gasteiger charge is -2.08. The number of benzene rings is 1. The first kappa shape index (κ1) is 14.3. The Balaban J connectivity index is 2.31. The number of hydrogen-bond acceptors (Lipinski definition) is 4. The first-order chi connectivity index (χ1) is 9.01. The summed E-state index contributed by atoms with van der Waals surface area (Å²) >= 11 is 5.03. The molecule has 1 heterocycles. The van der Waals surface area contributed by atoms with Crippen LogP contribution in [0, 0.1) is 0 Å². The maximum Gasteiger partial charge on any atom is 0.180 e. The molecule has 102 valence electrons. The molecule has 0 aliphatic heterocycles. The number of nitrogens with zero attached hydrogens (tertiary/aromatic N) is 1. The first-order valence-corrected chi connectivity index (χ1v) is 7.69. The molecule has 0 spiro atoms. The number of ether oxygens (including phenoxy) is 1. The van der Waals surface area contributed by atoms with E-state index < -0.39 is 0 Å². The molecule has 1 aromatic heterocycles. The predicted molar refractivity (Wildman–Crippen MR) is 84.1 cm³/mol. The maximum atomic E-state index is 5.83. The van der Waals surface area contributed by atoms with Crippen LogP contribution in [0.2, 0.25) is 0 Å². The van der Waals surface area contributed by atoms with Crippen LogP contribution in [0.25, 0.3) is 0 Å². The highest BCUT2D eigenvalue weighted by Gasteiger charge is 2.14. The molecule has 2 aromatic rings. The van der Waals surface area contributed by atoms with Gasteiger partial charge in [0.25, 0.3) is 0 Å². The van der Waals surface area contributed by atoms with E-state index in [1.165, 1.54) is 10.4 Å². The highest BCUT2D eigenvalue weighted by Crippen LogP contribution is 2.31. The Hall–Kier alpha value is -1.07. The molecule has 2 rings (SSSR count).